The summed E-state index contributed by atoms with van der Waals surface area (Å²) in [4.78, 5) is 4.48. The number of ether oxygens (including phenoxy) is 1. The zero-order valence-electron chi connectivity index (χ0n) is 9.97. The molecule has 2 N–H and O–H groups in total. The lowest BCUT2D eigenvalue weighted by atomic mass is 10.1. The van der Waals surface area contributed by atoms with Crippen LogP contribution in [-0.4, -0.2) is 28.9 Å². The molecule has 3 unspecified atom stereocenters. The molecule has 1 aliphatic heterocycles. The Morgan fingerprint density at radius 3 is 2.94 bits per heavy atom. The van der Waals surface area contributed by atoms with Crippen LogP contribution >= 0.6 is 0 Å². The Hall–Kier alpha value is -0.940. The minimum Gasteiger partial charge on any atom is -0.378 e. The van der Waals surface area contributed by atoms with Gasteiger partial charge in [0.15, 0.2) is 5.82 Å². The molecule has 0 aromatic carbocycles. The Morgan fingerprint density at radius 2 is 2.24 bits per heavy atom. The van der Waals surface area contributed by atoms with E-state index in [1.807, 2.05) is 0 Å². The lowest BCUT2D eigenvalue weighted by Gasteiger charge is -2.04. The van der Waals surface area contributed by atoms with E-state index >= 15 is 0 Å². The van der Waals surface area contributed by atoms with Crippen molar-refractivity contribution in [1.29, 1.82) is 0 Å². The third-order valence-electron chi connectivity index (χ3n) is 3.74. The monoisotopic (exact) mass is 237 g/mol. The van der Waals surface area contributed by atoms with Gasteiger partial charge in [-0.3, -0.25) is 0 Å². The largest absolute Gasteiger partial charge is 0.378 e. The van der Waals surface area contributed by atoms with Crippen LogP contribution in [0, 0.1) is 0 Å². The van der Waals surface area contributed by atoms with Gasteiger partial charge in [-0.05, 0) is 32.1 Å². The highest BCUT2D eigenvalue weighted by Gasteiger charge is 2.28. The SMILES string of the molecule is NC1CCC(c2nc(CC3CCCO3)no2)C1. The Kier molecular flexibility index (Phi) is 3.11. The quantitative estimate of drug-likeness (QED) is 0.859. The predicted molar refractivity (Wildman–Crippen MR) is 61.5 cm³/mol. The highest BCUT2D eigenvalue weighted by molar-refractivity contribution is 5.00. The zero-order chi connectivity index (χ0) is 11.7. The lowest BCUT2D eigenvalue weighted by molar-refractivity contribution is 0.109. The van der Waals surface area contributed by atoms with Gasteiger partial charge in [-0.2, -0.15) is 4.98 Å². The molecular formula is C12H19N3O2. The molecule has 1 aliphatic carbocycles. The summed E-state index contributed by atoms with van der Waals surface area (Å²) in [5.74, 6) is 1.93. The maximum absolute atomic E-state index is 5.89. The van der Waals surface area contributed by atoms with Crippen molar-refractivity contribution in [2.24, 2.45) is 5.73 Å². The Morgan fingerprint density at radius 1 is 1.29 bits per heavy atom. The second-order valence-electron chi connectivity index (χ2n) is 5.16. The van der Waals surface area contributed by atoms with Gasteiger partial charge < -0.3 is 15.0 Å². The third-order valence-corrected chi connectivity index (χ3v) is 3.74. The van der Waals surface area contributed by atoms with Gasteiger partial charge in [-0.25, -0.2) is 0 Å². The highest BCUT2D eigenvalue weighted by atomic mass is 16.5. The average molecular weight is 237 g/mol. The van der Waals surface area contributed by atoms with Crippen LogP contribution < -0.4 is 5.73 Å². The zero-order valence-corrected chi connectivity index (χ0v) is 9.97. The molecular weight excluding hydrogens is 218 g/mol. The molecule has 3 rings (SSSR count). The number of nitrogens with zero attached hydrogens (tertiary/aromatic N) is 2. The van der Waals surface area contributed by atoms with E-state index in [4.69, 9.17) is 15.0 Å². The van der Waals surface area contributed by atoms with E-state index in [9.17, 15) is 0 Å². The second-order valence-corrected chi connectivity index (χ2v) is 5.16. The molecule has 5 nitrogen and oxygen atoms in total. The lowest BCUT2D eigenvalue weighted by Crippen LogP contribution is -2.14. The Balaban J connectivity index is 1.61. The summed E-state index contributed by atoms with van der Waals surface area (Å²) in [6.45, 7) is 0.868. The number of nitrogens with two attached hydrogens (primary N) is 1. The molecule has 17 heavy (non-hydrogen) atoms. The molecule has 0 radical (unpaired) electrons. The minimum atomic E-state index is 0.284. The van der Waals surface area contributed by atoms with Crippen LogP contribution in [0.25, 0.3) is 0 Å². The normalized spacial score (nSPS) is 33.4. The molecule has 2 heterocycles. The molecule has 94 valence electrons. The first-order valence-corrected chi connectivity index (χ1v) is 6.51. The number of rotatable bonds is 3. The summed E-state index contributed by atoms with van der Waals surface area (Å²) < 4.78 is 10.9. The van der Waals surface area contributed by atoms with Crippen LogP contribution in [0.15, 0.2) is 4.52 Å². The molecule has 0 spiro atoms. The highest BCUT2D eigenvalue weighted by Crippen LogP contribution is 2.32. The summed E-state index contributed by atoms with van der Waals surface area (Å²) >= 11 is 0. The van der Waals surface area contributed by atoms with E-state index in [1.54, 1.807) is 0 Å². The smallest absolute Gasteiger partial charge is 0.229 e. The number of hydrogen-bond acceptors (Lipinski definition) is 5. The first-order chi connectivity index (χ1) is 8.31. The molecule has 5 heteroatoms. The summed E-state index contributed by atoms with van der Waals surface area (Å²) in [5.41, 5.74) is 5.89. The number of aromatic nitrogens is 2. The second kappa shape index (κ2) is 4.74. The standard InChI is InChI=1S/C12H19N3O2/c13-9-4-3-8(6-9)12-14-11(15-17-12)7-10-2-1-5-16-10/h8-10H,1-7,13H2. The molecule has 1 aromatic rings. The van der Waals surface area contributed by atoms with E-state index in [1.165, 1.54) is 0 Å². The maximum Gasteiger partial charge on any atom is 0.229 e. The molecule has 0 bridgehead atoms. The van der Waals surface area contributed by atoms with Crippen molar-refractivity contribution < 1.29 is 9.26 Å². The van der Waals surface area contributed by atoms with Crippen molar-refractivity contribution in [1.82, 2.24) is 10.1 Å². The van der Waals surface area contributed by atoms with Gasteiger partial charge in [0.25, 0.3) is 0 Å². The van der Waals surface area contributed by atoms with Crippen LogP contribution in [0.5, 0.6) is 0 Å². The van der Waals surface area contributed by atoms with Gasteiger partial charge in [0.1, 0.15) is 0 Å². The Labute approximate surface area is 101 Å². The fourth-order valence-electron chi connectivity index (χ4n) is 2.77. The van der Waals surface area contributed by atoms with Gasteiger partial charge in [0, 0.05) is 25.0 Å². The van der Waals surface area contributed by atoms with Crippen molar-refractivity contribution >= 4 is 0 Å². The van der Waals surface area contributed by atoms with Crippen LogP contribution in [0.4, 0.5) is 0 Å². The van der Waals surface area contributed by atoms with E-state index in [0.717, 1.165) is 56.8 Å². The van der Waals surface area contributed by atoms with Crippen LogP contribution in [0.2, 0.25) is 0 Å². The van der Waals surface area contributed by atoms with E-state index in [2.05, 4.69) is 10.1 Å². The maximum atomic E-state index is 5.89. The van der Waals surface area contributed by atoms with E-state index in [0.29, 0.717) is 12.0 Å². The molecule has 1 saturated carbocycles. The summed E-state index contributed by atoms with van der Waals surface area (Å²) in [7, 11) is 0. The van der Waals surface area contributed by atoms with Gasteiger partial charge >= 0.3 is 0 Å². The van der Waals surface area contributed by atoms with Crippen molar-refractivity contribution in [3.05, 3.63) is 11.7 Å². The summed E-state index contributed by atoms with van der Waals surface area (Å²) in [6.07, 6.45) is 6.43. The van der Waals surface area contributed by atoms with Crippen molar-refractivity contribution in [3.8, 4) is 0 Å². The third kappa shape index (κ3) is 2.50. The van der Waals surface area contributed by atoms with Gasteiger partial charge in [-0.15, -0.1) is 0 Å². The topological polar surface area (TPSA) is 74.2 Å². The van der Waals surface area contributed by atoms with Crippen LogP contribution in [0.3, 0.4) is 0 Å². The fraction of sp³-hybridized carbons (Fsp3) is 0.833. The van der Waals surface area contributed by atoms with E-state index in [-0.39, 0.29) is 6.10 Å². The van der Waals surface area contributed by atoms with Crippen molar-refractivity contribution in [2.75, 3.05) is 6.61 Å². The first kappa shape index (κ1) is 11.2. The first-order valence-electron chi connectivity index (χ1n) is 6.51. The fourth-order valence-corrected chi connectivity index (χ4v) is 2.77. The molecule has 2 fully saturated rings. The average Bonchev–Trinajstić information content (AvgIpc) is 2.99. The molecule has 1 aromatic heterocycles. The molecule has 3 atom stereocenters. The van der Waals surface area contributed by atoms with Gasteiger partial charge in [-0.1, -0.05) is 5.16 Å². The van der Waals surface area contributed by atoms with Crippen molar-refractivity contribution in [2.45, 2.75) is 56.6 Å². The summed E-state index contributed by atoms with van der Waals surface area (Å²) in [5, 5.41) is 4.04. The van der Waals surface area contributed by atoms with Crippen LogP contribution in [-0.2, 0) is 11.2 Å². The van der Waals surface area contributed by atoms with E-state index < -0.39 is 0 Å². The Bertz CT molecular complexity index is 374. The number of hydrogen-bond donors (Lipinski definition) is 1. The molecule has 0 amide bonds. The van der Waals surface area contributed by atoms with Crippen LogP contribution in [0.1, 0.15) is 49.7 Å². The molecule has 2 aliphatic rings. The van der Waals surface area contributed by atoms with Crippen molar-refractivity contribution in [3.63, 3.8) is 0 Å². The predicted octanol–water partition coefficient (Wildman–Crippen LogP) is 1.39. The molecule has 1 saturated heterocycles. The van der Waals surface area contributed by atoms with Gasteiger partial charge in [0.05, 0.1) is 6.10 Å². The minimum absolute atomic E-state index is 0.284. The summed E-state index contributed by atoms with van der Waals surface area (Å²) in [6, 6.07) is 0.300. The van der Waals surface area contributed by atoms with Gasteiger partial charge in [0.2, 0.25) is 5.89 Å².